The van der Waals surface area contributed by atoms with Crippen LogP contribution in [0.15, 0.2) is 23.1 Å². The van der Waals surface area contributed by atoms with E-state index < -0.39 is 16.0 Å². The Hall–Kier alpha value is -1.40. The molecule has 2 N–H and O–H groups in total. The zero-order valence-corrected chi connectivity index (χ0v) is 11.8. The summed E-state index contributed by atoms with van der Waals surface area (Å²) in [5.74, 6) is -1.06. The molecule has 0 atom stereocenters. The first-order chi connectivity index (χ1) is 8.73. The second-order valence-corrected chi connectivity index (χ2v) is 6.98. The van der Waals surface area contributed by atoms with E-state index in [2.05, 4.69) is 4.72 Å². The van der Waals surface area contributed by atoms with E-state index in [0.29, 0.717) is 5.56 Å². The number of aromatic carboxylic acids is 1. The van der Waals surface area contributed by atoms with E-state index in [1.54, 1.807) is 6.92 Å². The van der Waals surface area contributed by atoms with E-state index in [1.165, 1.54) is 18.2 Å². The van der Waals surface area contributed by atoms with Crippen molar-refractivity contribution in [2.24, 2.45) is 0 Å². The third-order valence-corrected chi connectivity index (χ3v) is 5.21. The maximum Gasteiger partial charge on any atom is 0.335 e. The van der Waals surface area contributed by atoms with Gasteiger partial charge >= 0.3 is 5.97 Å². The van der Waals surface area contributed by atoms with Crippen molar-refractivity contribution in [3.05, 3.63) is 29.3 Å². The molecule has 0 unspecified atom stereocenters. The number of carbonyl (C=O) groups is 1. The average molecular weight is 283 g/mol. The molecule has 1 aliphatic rings. The normalized spacial score (nSPS) is 17.8. The standard InChI is InChI=1S/C13H17NO4S/c1-9-8-10(4-5-11(9)12(15)16)19(17,18)14-13(2)6-3-7-13/h4-5,8,14H,3,6-7H2,1-2H3,(H,15,16). The van der Waals surface area contributed by atoms with Gasteiger partial charge < -0.3 is 5.11 Å². The first-order valence-corrected chi connectivity index (χ1v) is 7.60. The van der Waals surface area contributed by atoms with Crippen LogP contribution >= 0.6 is 0 Å². The monoisotopic (exact) mass is 283 g/mol. The molecule has 0 saturated heterocycles. The summed E-state index contributed by atoms with van der Waals surface area (Å²) in [6.45, 7) is 3.47. The van der Waals surface area contributed by atoms with Gasteiger partial charge in [-0.3, -0.25) is 0 Å². The first-order valence-electron chi connectivity index (χ1n) is 6.11. The highest BCUT2D eigenvalue weighted by atomic mass is 32.2. The predicted octanol–water partition coefficient (Wildman–Crippen LogP) is 1.91. The van der Waals surface area contributed by atoms with Crippen LogP contribution in [0.5, 0.6) is 0 Å². The van der Waals surface area contributed by atoms with Crippen LogP contribution in [0.4, 0.5) is 0 Å². The zero-order valence-electron chi connectivity index (χ0n) is 10.9. The van der Waals surface area contributed by atoms with Gasteiger partial charge in [0, 0.05) is 5.54 Å². The molecule has 0 aromatic heterocycles. The van der Waals surface area contributed by atoms with Crippen molar-refractivity contribution in [1.29, 1.82) is 0 Å². The van der Waals surface area contributed by atoms with Crippen LogP contribution in [0.2, 0.25) is 0 Å². The van der Waals surface area contributed by atoms with E-state index >= 15 is 0 Å². The summed E-state index contributed by atoms with van der Waals surface area (Å²) >= 11 is 0. The maximum absolute atomic E-state index is 12.2. The molecule has 1 aromatic carbocycles. The van der Waals surface area contributed by atoms with E-state index in [9.17, 15) is 13.2 Å². The van der Waals surface area contributed by atoms with Crippen LogP contribution in [0.1, 0.15) is 42.1 Å². The number of nitrogens with one attached hydrogen (secondary N) is 1. The number of benzene rings is 1. The molecule has 104 valence electrons. The summed E-state index contributed by atoms with van der Waals surface area (Å²) in [5.41, 5.74) is 0.195. The van der Waals surface area contributed by atoms with Gasteiger partial charge in [-0.05, 0) is 56.9 Å². The lowest BCUT2D eigenvalue weighted by atomic mass is 9.80. The van der Waals surface area contributed by atoms with E-state index in [4.69, 9.17) is 5.11 Å². The van der Waals surface area contributed by atoms with Gasteiger partial charge in [0.25, 0.3) is 0 Å². The molecule has 6 heteroatoms. The number of hydrogen-bond donors (Lipinski definition) is 2. The van der Waals surface area contributed by atoms with Gasteiger partial charge in [0.1, 0.15) is 0 Å². The van der Waals surface area contributed by atoms with Crippen LogP contribution in [0.3, 0.4) is 0 Å². The quantitative estimate of drug-likeness (QED) is 0.884. The van der Waals surface area contributed by atoms with Gasteiger partial charge in [-0.15, -0.1) is 0 Å². The van der Waals surface area contributed by atoms with Crippen molar-refractivity contribution in [3.8, 4) is 0 Å². The molecule has 1 fully saturated rings. The van der Waals surface area contributed by atoms with Crippen LogP contribution in [0.25, 0.3) is 0 Å². The second kappa shape index (κ2) is 4.61. The van der Waals surface area contributed by atoms with Gasteiger partial charge in [-0.25, -0.2) is 17.9 Å². The fourth-order valence-electron chi connectivity index (χ4n) is 2.24. The van der Waals surface area contributed by atoms with Gasteiger partial charge in [0.05, 0.1) is 10.5 Å². The van der Waals surface area contributed by atoms with Crippen LogP contribution in [-0.2, 0) is 10.0 Å². The molecule has 0 bridgehead atoms. The van der Waals surface area contributed by atoms with Gasteiger partial charge in [0.2, 0.25) is 10.0 Å². The van der Waals surface area contributed by atoms with Crippen LogP contribution in [0, 0.1) is 6.92 Å². The molecule has 0 heterocycles. The van der Waals surface area contributed by atoms with Gasteiger partial charge in [-0.2, -0.15) is 0 Å². The Morgan fingerprint density at radius 2 is 2.00 bits per heavy atom. The molecule has 0 spiro atoms. The molecule has 0 amide bonds. The number of sulfonamides is 1. The molecule has 2 rings (SSSR count). The molecule has 1 saturated carbocycles. The Bertz CT molecular complexity index is 618. The van der Waals surface area contributed by atoms with Crippen molar-refractivity contribution in [2.45, 2.75) is 43.5 Å². The second-order valence-electron chi connectivity index (χ2n) is 5.30. The lowest BCUT2D eigenvalue weighted by Gasteiger charge is -2.38. The largest absolute Gasteiger partial charge is 0.478 e. The molecule has 19 heavy (non-hydrogen) atoms. The van der Waals surface area contributed by atoms with Crippen LogP contribution < -0.4 is 4.72 Å². The number of rotatable bonds is 4. The fourth-order valence-corrected chi connectivity index (χ4v) is 3.79. The first kappa shape index (κ1) is 14.0. The number of carboxylic acid groups (broad SMARTS) is 1. The molecule has 0 radical (unpaired) electrons. The smallest absolute Gasteiger partial charge is 0.335 e. The summed E-state index contributed by atoms with van der Waals surface area (Å²) in [7, 11) is -3.59. The minimum absolute atomic E-state index is 0.114. The predicted molar refractivity (Wildman–Crippen MR) is 70.7 cm³/mol. The summed E-state index contributed by atoms with van der Waals surface area (Å²) in [6, 6.07) is 4.06. The molecular weight excluding hydrogens is 266 g/mol. The highest BCUT2D eigenvalue weighted by Crippen LogP contribution is 2.32. The maximum atomic E-state index is 12.2. The summed E-state index contributed by atoms with van der Waals surface area (Å²) in [6.07, 6.45) is 2.69. The van der Waals surface area contributed by atoms with Gasteiger partial charge in [-0.1, -0.05) is 0 Å². The lowest BCUT2D eigenvalue weighted by molar-refractivity contribution is 0.0696. The Morgan fingerprint density at radius 3 is 2.42 bits per heavy atom. The minimum atomic E-state index is -3.59. The van der Waals surface area contributed by atoms with Crippen LogP contribution in [-0.4, -0.2) is 25.0 Å². The Kier molecular flexibility index (Phi) is 3.40. The average Bonchev–Trinajstić information content (AvgIpc) is 2.25. The zero-order chi connectivity index (χ0) is 14.3. The van der Waals surface area contributed by atoms with Crippen molar-refractivity contribution in [2.75, 3.05) is 0 Å². The van der Waals surface area contributed by atoms with Gasteiger partial charge in [0.15, 0.2) is 0 Å². The van der Waals surface area contributed by atoms with Crippen molar-refractivity contribution < 1.29 is 18.3 Å². The van der Waals surface area contributed by atoms with E-state index in [0.717, 1.165) is 19.3 Å². The summed E-state index contributed by atoms with van der Waals surface area (Å²) in [4.78, 5) is 11.0. The highest BCUT2D eigenvalue weighted by molar-refractivity contribution is 7.89. The fraction of sp³-hybridized carbons (Fsp3) is 0.462. The SMILES string of the molecule is Cc1cc(S(=O)(=O)NC2(C)CCC2)ccc1C(=O)O. The highest BCUT2D eigenvalue weighted by Gasteiger charge is 2.36. The Labute approximate surface area is 112 Å². The number of aryl methyl sites for hydroxylation is 1. The molecular formula is C13H17NO4S. The van der Waals surface area contributed by atoms with Crippen molar-refractivity contribution >= 4 is 16.0 Å². The van der Waals surface area contributed by atoms with E-state index in [-0.39, 0.29) is 16.0 Å². The Balaban J connectivity index is 2.31. The molecule has 5 nitrogen and oxygen atoms in total. The third-order valence-electron chi connectivity index (χ3n) is 3.58. The number of hydrogen-bond acceptors (Lipinski definition) is 3. The summed E-state index contributed by atoms with van der Waals surface area (Å²) < 4.78 is 27.1. The molecule has 1 aromatic rings. The Morgan fingerprint density at radius 1 is 1.37 bits per heavy atom. The molecule has 1 aliphatic carbocycles. The van der Waals surface area contributed by atoms with Crippen molar-refractivity contribution in [3.63, 3.8) is 0 Å². The number of carboxylic acids is 1. The summed E-state index contributed by atoms with van der Waals surface area (Å²) in [5, 5.41) is 8.93. The van der Waals surface area contributed by atoms with Crippen molar-refractivity contribution in [1.82, 2.24) is 4.72 Å². The molecule has 0 aliphatic heterocycles. The van der Waals surface area contributed by atoms with E-state index in [1.807, 2.05) is 6.92 Å². The third kappa shape index (κ3) is 2.79. The minimum Gasteiger partial charge on any atom is -0.478 e. The topological polar surface area (TPSA) is 83.5 Å². The lowest BCUT2D eigenvalue weighted by Crippen LogP contribution is -2.50.